The molecule has 3 aromatic rings. The Balaban J connectivity index is 0.00000161. The summed E-state index contributed by atoms with van der Waals surface area (Å²) in [5, 5.41) is 2.62. The van der Waals surface area contributed by atoms with Crippen molar-refractivity contribution >= 4 is 23.1 Å². The van der Waals surface area contributed by atoms with Gasteiger partial charge in [0.25, 0.3) is 0 Å². The molecule has 106 valence electrons. The number of halogens is 1. The standard InChI is InChI=1S/C18H15OP.FH/c19-20(16-10-4-1-5-11-16,17-12-6-2-7-13-17)18-14-8-3-9-15-18;/h1-15H;1H. The van der Waals surface area contributed by atoms with Gasteiger partial charge < -0.3 is 4.57 Å². The Morgan fingerprint density at radius 3 is 0.952 bits per heavy atom. The molecule has 0 unspecified atom stereocenters. The van der Waals surface area contributed by atoms with Gasteiger partial charge in [-0.3, -0.25) is 4.70 Å². The summed E-state index contributed by atoms with van der Waals surface area (Å²) in [5.74, 6) is 0. The van der Waals surface area contributed by atoms with Gasteiger partial charge in [0.15, 0.2) is 7.14 Å². The molecule has 0 bridgehead atoms. The van der Waals surface area contributed by atoms with Crippen LogP contribution in [0.2, 0.25) is 0 Å². The second kappa shape index (κ2) is 6.51. The van der Waals surface area contributed by atoms with Crippen LogP contribution in [0.5, 0.6) is 0 Å². The summed E-state index contributed by atoms with van der Waals surface area (Å²) in [5.41, 5.74) is 0. The molecule has 1 nitrogen and oxygen atoms in total. The predicted molar refractivity (Wildman–Crippen MR) is 88.3 cm³/mol. The average molecular weight is 298 g/mol. The molecular formula is C18H16FOP. The zero-order valence-corrected chi connectivity index (χ0v) is 12.3. The molecule has 0 aromatic heterocycles. The maximum absolute atomic E-state index is 13.8. The largest absolute Gasteiger partial charge is 0.309 e. The summed E-state index contributed by atoms with van der Waals surface area (Å²) in [7, 11) is -2.78. The van der Waals surface area contributed by atoms with Crippen molar-refractivity contribution in [3.05, 3.63) is 91.0 Å². The van der Waals surface area contributed by atoms with E-state index >= 15 is 0 Å². The zero-order chi connectivity index (χ0) is 13.8. The maximum atomic E-state index is 13.8. The van der Waals surface area contributed by atoms with Crippen molar-refractivity contribution in [1.82, 2.24) is 0 Å². The highest BCUT2D eigenvalue weighted by molar-refractivity contribution is 7.85. The highest BCUT2D eigenvalue weighted by atomic mass is 31.2. The van der Waals surface area contributed by atoms with Crippen LogP contribution in [0.4, 0.5) is 4.70 Å². The Bertz CT molecular complexity index is 624. The molecule has 0 aliphatic heterocycles. The van der Waals surface area contributed by atoms with Crippen LogP contribution in [0.15, 0.2) is 91.0 Å². The molecule has 0 spiro atoms. The fourth-order valence-corrected chi connectivity index (χ4v) is 5.03. The molecule has 0 aliphatic carbocycles. The Hall–Kier alpha value is -2.18. The lowest BCUT2D eigenvalue weighted by Gasteiger charge is -2.19. The van der Waals surface area contributed by atoms with Crippen LogP contribution in [0, 0.1) is 0 Å². The third-order valence-electron chi connectivity index (χ3n) is 3.36. The molecular weight excluding hydrogens is 282 g/mol. The monoisotopic (exact) mass is 298 g/mol. The first-order chi connectivity index (χ1) is 9.82. The van der Waals surface area contributed by atoms with Gasteiger partial charge in [0.2, 0.25) is 0 Å². The SMILES string of the molecule is F.O=P(c1ccccc1)(c1ccccc1)c1ccccc1. The van der Waals surface area contributed by atoms with E-state index in [9.17, 15) is 4.57 Å². The van der Waals surface area contributed by atoms with Crippen molar-refractivity contribution in [1.29, 1.82) is 0 Å². The molecule has 0 atom stereocenters. The average Bonchev–Trinajstić information content (AvgIpc) is 2.56. The molecule has 0 radical (unpaired) electrons. The Morgan fingerprint density at radius 2 is 0.714 bits per heavy atom. The topological polar surface area (TPSA) is 17.1 Å². The quantitative estimate of drug-likeness (QED) is 0.677. The molecule has 0 fully saturated rings. The zero-order valence-electron chi connectivity index (χ0n) is 11.4. The second-order valence-electron chi connectivity index (χ2n) is 4.62. The summed E-state index contributed by atoms with van der Waals surface area (Å²) in [6.07, 6.45) is 0. The van der Waals surface area contributed by atoms with E-state index in [0.717, 1.165) is 15.9 Å². The lowest BCUT2D eigenvalue weighted by Crippen LogP contribution is -2.24. The van der Waals surface area contributed by atoms with Gasteiger partial charge in [-0.25, -0.2) is 0 Å². The van der Waals surface area contributed by atoms with Crippen molar-refractivity contribution in [2.24, 2.45) is 0 Å². The third kappa shape index (κ3) is 2.81. The third-order valence-corrected chi connectivity index (χ3v) is 6.44. The van der Waals surface area contributed by atoms with Crippen molar-refractivity contribution < 1.29 is 9.27 Å². The van der Waals surface area contributed by atoms with Crippen LogP contribution >= 0.6 is 7.14 Å². The van der Waals surface area contributed by atoms with E-state index in [1.807, 2.05) is 91.0 Å². The van der Waals surface area contributed by atoms with Crippen LogP contribution in [0.3, 0.4) is 0 Å². The van der Waals surface area contributed by atoms with E-state index in [0.29, 0.717) is 0 Å². The molecule has 3 aromatic carbocycles. The van der Waals surface area contributed by atoms with Gasteiger partial charge in [-0.15, -0.1) is 0 Å². The van der Waals surface area contributed by atoms with Crippen LogP contribution in [0.25, 0.3) is 0 Å². The van der Waals surface area contributed by atoms with Gasteiger partial charge in [-0.1, -0.05) is 91.0 Å². The maximum Gasteiger partial charge on any atom is 0.171 e. The lowest BCUT2D eigenvalue weighted by molar-refractivity contribution is 0.592. The molecule has 0 aliphatic rings. The second-order valence-corrected chi connectivity index (χ2v) is 7.38. The molecule has 0 heterocycles. The minimum Gasteiger partial charge on any atom is -0.309 e. The number of benzene rings is 3. The Labute approximate surface area is 124 Å². The summed E-state index contributed by atoms with van der Waals surface area (Å²) in [6.45, 7) is 0. The van der Waals surface area contributed by atoms with Crippen molar-refractivity contribution in [2.75, 3.05) is 0 Å². The van der Waals surface area contributed by atoms with E-state index < -0.39 is 7.14 Å². The van der Waals surface area contributed by atoms with Crippen LogP contribution in [-0.4, -0.2) is 0 Å². The Kier molecular flexibility index (Phi) is 4.72. The molecule has 0 saturated heterocycles. The first-order valence-electron chi connectivity index (χ1n) is 6.59. The van der Waals surface area contributed by atoms with E-state index in [2.05, 4.69) is 0 Å². The molecule has 3 heteroatoms. The summed E-state index contributed by atoms with van der Waals surface area (Å²) in [6, 6.07) is 29.1. The predicted octanol–water partition coefficient (Wildman–Crippen LogP) is 3.48. The first kappa shape index (κ1) is 15.2. The van der Waals surface area contributed by atoms with Gasteiger partial charge in [0, 0.05) is 15.9 Å². The van der Waals surface area contributed by atoms with Gasteiger partial charge in [0.1, 0.15) is 0 Å². The van der Waals surface area contributed by atoms with E-state index in [4.69, 9.17) is 0 Å². The van der Waals surface area contributed by atoms with Crippen LogP contribution < -0.4 is 15.9 Å². The molecule has 3 rings (SSSR count). The van der Waals surface area contributed by atoms with Gasteiger partial charge in [-0.05, 0) is 0 Å². The van der Waals surface area contributed by atoms with Crippen molar-refractivity contribution in [2.45, 2.75) is 0 Å². The fraction of sp³-hybridized carbons (Fsp3) is 0. The lowest BCUT2D eigenvalue weighted by atomic mass is 10.4. The summed E-state index contributed by atoms with van der Waals surface area (Å²) in [4.78, 5) is 0. The minimum atomic E-state index is -2.78. The first-order valence-corrected chi connectivity index (χ1v) is 8.29. The molecule has 0 saturated carbocycles. The molecule has 0 amide bonds. The van der Waals surface area contributed by atoms with Crippen molar-refractivity contribution in [3.8, 4) is 0 Å². The number of hydrogen-bond acceptors (Lipinski definition) is 1. The summed E-state index contributed by atoms with van der Waals surface area (Å²) < 4.78 is 13.8. The minimum absolute atomic E-state index is 0. The normalized spacial score (nSPS) is 10.7. The van der Waals surface area contributed by atoms with E-state index in [1.54, 1.807) is 0 Å². The Morgan fingerprint density at radius 1 is 0.476 bits per heavy atom. The van der Waals surface area contributed by atoms with Gasteiger partial charge >= 0.3 is 0 Å². The highest BCUT2D eigenvalue weighted by Crippen LogP contribution is 2.41. The highest BCUT2D eigenvalue weighted by Gasteiger charge is 2.28. The van der Waals surface area contributed by atoms with E-state index in [1.165, 1.54) is 0 Å². The van der Waals surface area contributed by atoms with Gasteiger partial charge in [0.05, 0.1) is 0 Å². The molecule has 21 heavy (non-hydrogen) atoms. The number of hydrogen-bond donors (Lipinski definition) is 0. The van der Waals surface area contributed by atoms with Crippen LogP contribution in [0.1, 0.15) is 0 Å². The smallest absolute Gasteiger partial charge is 0.171 e. The van der Waals surface area contributed by atoms with Crippen molar-refractivity contribution in [3.63, 3.8) is 0 Å². The number of rotatable bonds is 3. The summed E-state index contributed by atoms with van der Waals surface area (Å²) >= 11 is 0. The van der Waals surface area contributed by atoms with Gasteiger partial charge in [-0.2, -0.15) is 0 Å². The van der Waals surface area contributed by atoms with E-state index in [-0.39, 0.29) is 4.70 Å². The van der Waals surface area contributed by atoms with Crippen LogP contribution in [-0.2, 0) is 4.57 Å². The fourth-order valence-electron chi connectivity index (χ4n) is 2.36. The molecule has 0 N–H and O–H groups in total.